The second-order valence-corrected chi connectivity index (χ2v) is 4.18. The van der Waals surface area contributed by atoms with Gasteiger partial charge in [0.15, 0.2) is 0 Å². The Balaban J connectivity index is 2.11. The molecule has 0 bridgehead atoms. The largest absolute Gasteiger partial charge is 0.462 e. The number of ether oxygens (including phenoxy) is 1. The van der Waals surface area contributed by atoms with Crippen LogP contribution < -0.4 is 0 Å². The molecule has 0 aromatic rings. The van der Waals surface area contributed by atoms with E-state index in [1.165, 1.54) is 6.42 Å². The van der Waals surface area contributed by atoms with Crippen LogP contribution in [0.3, 0.4) is 0 Å². The molecule has 2 heteroatoms. The molecule has 1 aliphatic carbocycles. The van der Waals surface area contributed by atoms with E-state index in [1.807, 2.05) is 0 Å². The SMILES string of the molecule is CC[C@@H]1[C@H]2CC(=O)O[C@H]2C[C@H]1C. The van der Waals surface area contributed by atoms with Crippen LogP contribution in [0.1, 0.15) is 33.1 Å². The van der Waals surface area contributed by atoms with Crippen LogP contribution in [0.15, 0.2) is 0 Å². The van der Waals surface area contributed by atoms with Crippen LogP contribution in [0, 0.1) is 17.8 Å². The van der Waals surface area contributed by atoms with E-state index in [9.17, 15) is 4.79 Å². The van der Waals surface area contributed by atoms with Crippen molar-refractivity contribution in [3.8, 4) is 0 Å². The lowest BCUT2D eigenvalue weighted by atomic mass is 9.87. The molecule has 0 aromatic heterocycles. The molecular formula is C10H16O2. The molecule has 12 heavy (non-hydrogen) atoms. The number of esters is 1. The Bertz CT molecular complexity index is 200. The van der Waals surface area contributed by atoms with Crippen LogP contribution in [0.5, 0.6) is 0 Å². The van der Waals surface area contributed by atoms with Crippen LogP contribution in [0.25, 0.3) is 0 Å². The smallest absolute Gasteiger partial charge is 0.306 e. The first-order valence-electron chi connectivity index (χ1n) is 4.91. The molecule has 1 saturated heterocycles. The van der Waals surface area contributed by atoms with Crippen molar-refractivity contribution < 1.29 is 9.53 Å². The summed E-state index contributed by atoms with van der Waals surface area (Å²) < 4.78 is 5.25. The van der Waals surface area contributed by atoms with Crippen molar-refractivity contribution in [3.63, 3.8) is 0 Å². The quantitative estimate of drug-likeness (QED) is 0.560. The maximum Gasteiger partial charge on any atom is 0.306 e. The van der Waals surface area contributed by atoms with Crippen LogP contribution in [-0.2, 0) is 9.53 Å². The van der Waals surface area contributed by atoms with Gasteiger partial charge in [-0.15, -0.1) is 0 Å². The molecule has 4 atom stereocenters. The van der Waals surface area contributed by atoms with Crippen LogP contribution in [-0.4, -0.2) is 12.1 Å². The second-order valence-electron chi connectivity index (χ2n) is 4.18. The number of rotatable bonds is 1. The van der Waals surface area contributed by atoms with Crippen molar-refractivity contribution in [3.05, 3.63) is 0 Å². The third kappa shape index (κ3) is 1.05. The van der Waals surface area contributed by atoms with Gasteiger partial charge >= 0.3 is 5.97 Å². The third-order valence-electron chi connectivity index (χ3n) is 3.52. The fraction of sp³-hybridized carbons (Fsp3) is 0.900. The molecule has 1 heterocycles. The Labute approximate surface area is 73.3 Å². The predicted molar refractivity (Wildman–Crippen MR) is 45.5 cm³/mol. The van der Waals surface area contributed by atoms with Crippen molar-refractivity contribution in [2.24, 2.45) is 17.8 Å². The fourth-order valence-corrected chi connectivity index (χ4v) is 2.95. The normalized spacial score (nSPS) is 46.0. The standard InChI is InChI=1S/C10H16O2/c1-3-7-6(2)4-9-8(7)5-10(11)12-9/h6-9H,3-5H2,1-2H3/t6-,7+,8-,9+/m1/s1. The van der Waals surface area contributed by atoms with Gasteiger partial charge in [-0.05, 0) is 18.3 Å². The van der Waals surface area contributed by atoms with E-state index in [4.69, 9.17) is 4.74 Å². The zero-order valence-electron chi connectivity index (χ0n) is 7.75. The molecule has 0 spiro atoms. The molecule has 2 rings (SSSR count). The first kappa shape index (κ1) is 8.09. The highest BCUT2D eigenvalue weighted by Crippen LogP contribution is 2.45. The highest BCUT2D eigenvalue weighted by Gasteiger charge is 2.47. The number of hydrogen-bond donors (Lipinski definition) is 0. The summed E-state index contributed by atoms with van der Waals surface area (Å²) in [5.41, 5.74) is 0. The maximum atomic E-state index is 11.0. The Morgan fingerprint density at radius 3 is 3.00 bits per heavy atom. The van der Waals surface area contributed by atoms with Gasteiger partial charge in [-0.3, -0.25) is 4.79 Å². The molecule has 1 saturated carbocycles. The monoisotopic (exact) mass is 168 g/mol. The van der Waals surface area contributed by atoms with Gasteiger partial charge in [-0.2, -0.15) is 0 Å². The van der Waals surface area contributed by atoms with E-state index in [2.05, 4.69) is 13.8 Å². The third-order valence-corrected chi connectivity index (χ3v) is 3.52. The zero-order valence-corrected chi connectivity index (χ0v) is 7.75. The van der Waals surface area contributed by atoms with E-state index in [-0.39, 0.29) is 12.1 Å². The Kier molecular flexibility index (Phi) is 1.85. The number of fused-ring (bicyclic) bond motifs is 1. The average Bonchev–Trinajstić information content (AvgIpc) is 2.43. The molecule has 0 N–H and O–H groups in total. The summed E-state index contributed by atoms with van der Waals surface area (Å²) in [5.74, 6) is 2.03. The van der Waals surface area contributed by atoms with E-state index < -0.39 is 0 Å². The topological polar surface area (TPSA) is 26.3 Å². The van der Waals surface area contributed by atoms with Gasteiger partial charge < -0.3 is 4.74 Å². The summed E-state index contributed by atoms with van der Waals surface area (Å²) in [5, 5.41) is 0. The van der Waals surface area contributed by atoms with Crippen molar-refractivity contribution in [2.75, 3.05) is 0 Å². The summed E-state index contributed by atoms with van der Waals surface area (Å²) in [4.78, 5) is 11.0. The zero-order chi connectivity index (χ0) is 8.72. The maximum absolute atomic E-state index is 11.0. The van der Waals surface area contributed by atoms with E-state index in [0.717, 1.165) is 18.3 Å². The minimum absolute atomic E-state index is 0.0235. The minimum Gasteiger partial charge on any atom is -0.462 e. The summed E-state index contributed by atoms with van der Waals surface area (Å²) in [6, 6.07) is 0. The lowest BCUT2D eigenvalue weighted by Gasteiger charge is -2.16. The number of carbonyl (C=O) groups excluding carboxylic acids is 1. The van der Waals surface area contributed by atoms with Gasteiger partial charge in [-0.25, -0.2) is 0 Å². The highest BCUT2D eigenvalue weighted by molar-refractivity contribution is 5.72. The highest BCUT2D eigenvalue weighted by atomic mass is 16.6. The molecule has 2 aliphatic rings. The first-order chi connectivity index (χ1) is 5.72. The molecule has 0 radical (unpaired) electrons. The van der Waals surface area contributed by atoms with Gasteiger partial charge in [0, 0.05) is 5.92 Å². The molecule has 0 amide bonds. The first-order valence-corrected chi connectivity index (χ1v) is 4.91. The van der Waals surface area contributed by atoms with E-state index in [1.54, 1.807) is 0 Å². The summed E-state index contributed by atoms with van der Waals surface area (Å²) >= 11 is 0. The average molecular weight is 168 g/mol. The molecule has 1 aliphatic heterocycles. The van der Waals surface area contributed by atoms with E-state index >= 15 is 0 Å². The Morgan fingerprint density at radius 1 is 1.58 bits per heavy atom. The molecule has 2 nitrogen and oxygen atoms in total. The second kappa shape index (κ2) is 2.75. The lowest BCUT2D eigenvalue weighted by molar-refractivity contribution is -0.141. The van der Waals surface area contributed by atoms with Gasteiger partial charge in [-0.1, -0.05) is 20.3 Å². The minimum atomic E-state index is 0.0235. The summed E-state index contributed by atoms with van der Waals surface area (Å²) in [6.45, 7) is 4.49. The van der Waals surface area contributed by atoms with Crippen molar-refractivity contribution in [1.29, 1.82) is 0 Å². The van der Waals surface area contributed by atoms with Gasteiger partial charge in [0.25, 0.3) is 0 Å². The van der Waals surface area contributed by atoms with Crippen molar-refractivity contribution >= 4 is 5.97 Å². The van der Waals surface area contributed by atoms with Crippen molar-refractivity contribution in [2.45, 2.75) is 39.2 Å². The van der Waals surface area contributed by atoms with Crippen LogP contribution >= 0.6 is 0 Å². The summed E-state index contributed by atoms with van der Waals surface area (Å²) in [6.07, 6.45) is 3.22. The molecule has 0 aromatic carbocycles. The number of carbonyl (C=O) groups is 1. The van der Waals surface area contributed by atoms with Crippen LogP contribution in [0.4, 0.5) is 0 Å². The fourth-order valence-electron chi connectivity index (χ4n) is 2.95. The molecule has 2 fully saturated rings. The molecule has 68 valence electrons. The Morgan fingerprint density at radius 2 is 2.33 bits per heavy atom. The van der Waals surface area contributed by atoms with Gasteiger partial charge in [0.1, 0.15) is 6.10 Å². The van der Waals surface area contributed by atoms with Gasteiger partial charge in [0.05, 0.1) is 6.42 Å². The lowest BCUT2D eigenvalue weighted by Crippen LogP contribution is -2.14. The van der Waals surface area contributed by atoms with Crippen LogP contribution in [0.2, 0.25) is 0 Å². The Hall–Kier alpha value is -0.530. The van der Waals surface area contributed by atoms with Gasteiger partial charge in [0.2, 0.25) is 0 Å². The van der Waals surface area contributed by atoms with E-state index in [0.29, 0.717) is 12.3 Å². The summed E-state index contributed by atoms with van der Waals surface area (Å²) in [7, 11) is 0. The molecule has 0 unspecified atom stereocenters. The molecular weight excluding hydrogens is 152 g/mol. The predicted octanol–water partition coefficient (Wildman–Crippen LogP) is 1.98. The number of hydrogen-bond acceptors (Lipinski definition) is 2. The van der Waals surface area contributed by atoms with Crippen molar-refractivity contribution in [1.82, 2.24) is 0 Å².